The van der Waals surface area contributed by atoms with Gasteiger partial charge in [-0.3, -0.25) is 9.10 Å². The minimum Gasteiger partial charge on any atom is -0.495 e. The average Bonchev–Trinajstić information content (AvgIpc) is 2.62. The van der Waals surface area contributed by atoms with E-state index in [1.807, 2.05) is 0 Å². The maximum absolute atomic E-state index is 12.5. The summed E-state index contributed by atoms with van der Waals surface area (Å²) in [6.07, 6.45) is 1.51. The van der Waals surface area contributed by atoms with E-state index in [1.165, 1.54) is 11.4 Å². The third kappa shape index (κ3) is 3.94. The number of ether oxygens (including phenoxy) is 1. The Kier molecular flexibility index (Phi) is 5.38. The number of methoxy groups -OCH3 is 1. The number of nitrogens with zero attached hydrogens (tertiary/aromatic N) is 1. The SMILES string of the molecule is COc1ccc(Cl)cc1NC(=O)c1ccc(N2CCCCS2(=O)=O)cc1. The molecule has 0 radical (unpaired) electrons. The first kappa shape index (κ1) is 18.5. The molecule has 1 aliphatic heterocycles. The predicted molar refractivity (Wildman–Crippen MR) is 103 cm³/mol. The van der Waals surface area contributed by atoms with Gasteiger partial charge in [0.05, 0.1) is 24.2 Å². The molecule has 3 rings (SSSR count). The number of anilines is 2. The standard InChI is InChI=1S/C18H19ClN2O4S/c1-25-17-9-6-14(19)12-16(17)20-18(22)13-4-7-15(8-5-13)21-10-2-3-11-26(21,23)24/h4-9,12H,2-3,10-11H2,1H3,(H,20,22). The van der Waals surface area contributed by atoms with Gasteiger partial charge in [0.15, 0.2) is 0 Å². The maximum atomic E-state index is 12.5. The van der Waals surface area contributed by atoms with Gasteiger partial charge in [0.1, 0.15) is 5.75 Å². The monoisotopic (exact) mass is 394 g/mol. The van der Waals surface area contributed by atoms with E-state index in [2.05, 4.69) is 5.32 Å². The minimum absolute atomic E-state index is 0.157. The summed E-state index contributed by atoms with van der Waals surface area (Å²) in [5.74, 6) is 0.321. The first-order valence-electron chi connectivity index (χ1n) is 8.16. The summed E-state index contributed by atoms with van der Waals surface area (Å²) in [7, 11) is -1.76. The van der Waals surface area contributed by atoms with Crippen molar-refractivity contribution in [1.82, 2.24) is 0 Å². The van der Waals surface area contributed by atoms with Crippen LogP contribution in [-0.2, 0) is 10.0 Å². The number of carbonyl (C=O) groups is 1. The van der Waals surface area contributed by atoms with Gasteiger partial charge in [0.25, 0.3) is 5.91 Å². The van der Waals surface area contributed by atoms with Gasteiger partial charge in [-0.25, -0.2) is 8.42 Å². The Morgan fingerprint density at radius 3 is 2.54 bits per heavy atom. The summed E-state index contributed by atoms with van der Waals surface area (Å²) < 4.78 is 30.9. The zero-order valence-corrected chi connectivity index (χ0v) is 15.8. The molecule has 1 aliphatic rings. The van der Waals surface area contributed by atoms with Crippen molar-refractivity contribution in [2.45, 2.75) is 12.8 Å². The quantitative estimate of drug-likeness (QED) is 0.860. The zero-order chi connectivity index (χ0) is 18.7. The number of rotatable bonds is 4. The molecule has 1 heterocycles. The molecule has 0 atom stereocenters. The number of nitrogens with one attached hydrogen (secondary N) is 1. The Hall–Kier alpha value is -2.25. The van der Waals surface area contributed by atoms with E-state index in [9.17, 15) is 13.2 Å². The first-order valence-corrected chi connectivity index (χ1v) is 10.1. The smallest absolute Gasteiger partial charge is 0.255 e. The van der Waals surface area contributed by atoms with Crippen molar-refractivity contribution >= 4 is 38.9 Å². The largest absolute Gasteiger partial charge is 0.495 e. The molecule has 0 saturated carbocycles. The van der Waals surface area contributed by atoms with Crippen LogP contribution < -0.4 is 14.4 Å². The van der Waals surface area contributed by atoms with Crippen molar-refractivity contribution in [2.75, 3.05) is 29.0 Å². The molecule has 1 amide bonds. The zero-order valence-electron chi connectivity index (χ0n) is 14.2. The van der Waals surface area contributed by atoms with Crippen LogP contribution in [0.3, 0.4) is 0 Å². The van der Waals surface area contributed by atoms with Gasteiger partial charge in [-0.2, -0.15) is 0 Å². The second-order valence-electron chi connectivity index (χ2n) is 5.94. The van der Waals surface area contributed by atoms with Crippen molar-refractivity contribution in [1.29, 1.82) is 0 Å². The molecule has 26 heavy (non-hydrogen) atoms. The minimum atomic E-state index is -3.27. The topological polar surface area (TPSA) is 75.7 Å². The Labute approximate surface area is 157 Å². The van der Waals surface area contributed by atoms with Crippen LogP contribution in [-0.4, -0.2) is 33.7 Å². The first-order chi connectivity index (χ1) is 12.4. The van der Waals surface area contributed by atoms with Crippen molar-refractivity contribution < 1.29 is 17.9 Å². The van der Waals surface area contributed by atoms with E-state index in [4.69, 9.17) is 16.3 Å². The molecular weight excluding hydrogens is 376 g/mol. The van der Waals surface area contributed by atoms with Gasteiger partial charge < -0.3 is 10.1 Å². The van der Waals surface area contributed by atoms with Crippen molar-refractivity contribution in [3.8, 4) is 5.75 Å². The molecule has 1 fully saturated rings. The van der Waals surface area contributed by atoms with Crippen LogP contribution in [0.15, 0.2) is 42.5 Å². The summed E-state index contributed by atoms with van der Waals surface area (Å²) in [4.78, 5) is 12.5. The average molecular weight is 395 g/mol. The highest BCUT2D eigenvalue weighted by molar-refractivity contribution is 7.92. The van der Waals surface area contributed by atoms with E-state index in [0.29, 0.717) is 40.7 Å². The Morgan fingerprint density at radius 1 is 1.15 bits per heavy atom. The van der Waals surface area contributed by atoms with Crippen LogP contribution in [0.2, 0.25) is 5.02 Å². The van der Waals surface area contributed by atoms with Gasteiger partial charge in [0.2, 0.25) is 10.0 Å². The van der Waals surface area contributed by atoms with E-state index in [0.717, 1.165) is 6.42 Å². The van der Waals surface area contributed by atoms with Crippen molar-refractivity contribution in [3.63, 3.8) is 0 Å². The lowest BCUT2D eigenvalue weighted by Gasteiger charge is -2.28. The molecule has 6 nitrogen and oxygen atoms in total. The Morgan fingerprint density at radius 2 is 1.88 bits per heavy atom. The van der Waals surface area contributed by atoms with E-state index in [1.54, 1.807) is 42.5 Å². The second kappa shape index (κ2) is 7.55. The fourth-order valence-electron chi connectivity index (χ4n) is 2.83. The summed E-state index contributed by atoms with van der Waals surface area (Å²) in [6, 6.07) is 11.4. The van der Waals surface area contributed by atoms with E-state index in [-0.39, 0.29) is 11.7 Å². The highest BCUT2D eigenvalue weighted by atomic mass is 35.5. The molecule has 1 N–H and O–H groups in total. The van der Waals surface area contributed by atoms with E-state index < -0.39 is 10.0 Å². The number of benzene rings is 2. The molecule has 8 heteroatoms. The molecule has 0 spiro atoms. The fourth-order valence-corrected chi connectivity index (χ4v) is 4.64. The second-order valence-corrected chi connectivity index (χ2v) is 8.39. The summed E-state index contributed by atoms with van der Waals surface area (Å²) in [5.41, 5.74) is 1.44. The highest BCUT2D eigenvalue weighted by Gasteiger charge is 2.26. The normalized spacial score (nSPS) is 16.2. The molecule has 2 aromatic rings. The number of halogens is 1. The lowest BCUT2D eigenvalue weighted by atomic mass is 10.1. The number of hydrogen-bond acceptors (Lipinski definition) is 4. The van der Waals surface area contributed by atoms with Crippen molar-refractivity contribution in [3.05, 3.63) is 53.1 Å². The lowest BCUT2D eigenvalue weighted by Crippen LogP contribution is -2.37. The third-order valence-corrected chi connectivity index (χ3v) is 6.28. The van der Waals surface area contributed by atoms with Crippen LogP contribution in [0, 0.1) is 0 Å². The molecule has 138 valence electrons. The maximum Gasteiger partial charge on any atom is 0.255 e. The molecule has 0 bridgehead atoms. The molecule has 1 saturated heterocycles. The van der Waals surface area contributed by atoms with Crippen molar-refractivity contribution in [2.24, 2.45) is 0 Å². The molecule has 2 aromatic carbocycles. The van der Waals surface area contributed by atoms with Gasteiger partial charge in [0, 0.05) is 17.1 Å². The molecular formula is C18H19ClN2O4S. The predicted octanol–water partition coefficient (Wildman–Crippen LogP) is 3.53. The Balaban J connectivity index is 1.78. The van der Waals surface area contributed by atoms with E-state index >= 15 is 0 Å². The molecule has 0 aliphatic carbocycles. The lowest BCUT2D eigenvalue weighted by molar-refractivity contribution is 0.102. The van der Waals surface area contributed by atoms with Gasteiger partial charge in [-0.05, 0) is 55.3 Å². The van der Waals surface area contributed by atoms with Crippen LogP contribution in [0.5, 0.6) is 5.75 Å². The van der Waals surface area contributed by atoms with Crippen LogP contribution >= 0.6 is 11.6 Å². The number of amides is 1. The van der Waals surface area contributed by atoms with Gasteiger partial charge in [-0.1, -0.05) is 11.6 Å². The summed E-state index contributed by atoms with van der Waals surface area (Å²) >= 11 is 5.97. The molecule has 0 unspecified atom stereocenters. The highest BCUT2D eigenvalue weighted by Crippen LogP contribution is 2.28. The molecule has 0 aromatic heterocycles. The summed E-state index contributed by atoms with van der Waals surface area (Å²) in [6.45, 7) is 0.466. The van der Waals surface area contributed by atoms with Crippen LogP contribution in [0.4, 0.5) is 11.4 Å². The number of sulfonamides is 1. The van der Waals surface area contributed by atoms with Gasteiger partial charge >= 0.3 is 0 Å². The fraction of sp³-hybridized carbons (Fsp3) is 0.278. The summed E-state index contributed by atoms with van der Waals surface area (Å²) in [5, 5.41) is 3.23. The van der Waals surface area contributed by atoms with Crippen LogP contribution in [0.1, 0.15) is 23.2 Å². The van der Waals surface area contributed by atoms with Gasteiger partial charge in [-0.15, -0.1) is 0 Å². The van der Waals surface area contributed by atoms with Crippen LogP contribution in [0.25, 0.3) is 0 Å². The number of hydrogen-bond donors (Lipinski definition) is 1. The Bertz CT molecular complexity index is 913. The number of carbonyl (C=O) groups excluding carboxylic acids is 1. The third-order valence-electron chi connectivity index (χ3n) is 4.18.